The molecule has 0 unspecified atom stereocenters. The Morgan fingerprint density at radius 1 is 1.55 bits per heavy atom. The smallest absolute Gasteiger partial charge is 0.257 e. The summed E-state index contributed by atoms with van der Waals surface area (Å²) < 4.78 is 0.769. The number of rotatable bonds is 5. The lowest BCUT2D eigenvalue weighted by Gasteiger charge is -2.00. The minimum absolute atomic E-state index is 0.307. The van der Waals surface area contributed by atoms with Crippen LogP contribution in [0.25, 0.3) is 0 Å². The first-order valence-electron chi connectivity index (χ1n) is 5.61. The molecule has 1 N–H and O–H groups in total. The first kappa shape index (κ1) is 14.2. The predicted octanol–water partition coefficient (Wildman–Crippen LogP) is 2.94. The van der Waals surface area contributed by atoms with Crippen molar-refractivity contribution in [2.45, 2.75) is 4.34 Å². The van der Waals surface area contributed by atoms with Crippen LogP contribution in [-0.2, 0) is 0 Å². The second-order valence-corrected chi connectivity index (χ2v) is 5.86. The number of benzene rings is 1. The number of amides is 1. The van der Waals surface area contributed by atoms with E-state index in [2.05, 4.69) is 22.1 Å². The lowest BCUT2D eigenvalue weighted by Crippen LogP contribution is -2.11. The van der Waals surface area contributed by atoms with Crippen molar-refractivity contribution in [1.29, 1.82) is 5.26 Å². The zero-order chi connectivity index (χ0) is 14.4. The topological polar surface area (TPSA) is 78.7 Å². The van der Waals surface area contributed by atoms with E-state index in [0.29, 0.717) is 16.3 Å². The summed E-state index contributed by atoms with van der Waals surface area (Å²) in [5.41, 5.74) is 0.858. The predicted molar refractivity (Wildman–Crippen MR) is 79.9 cm³/mol. The number of carbonyl (C=O) groups is 1. The summed E-state index contributed by atoms with van der Waals surface area (Å²) >= 11 is 2.80. The van der Waals surface area contributed by atoms with E-state index in [4.69, 9.17) is 5.26 Å². The number of anilines is 1. The zero-order valence-electron chi connectivity index (χ0n) is 10.4. The highest BCUT2D eigenvalue weighted by Gasteiger charge is 2.10. The molecule has 7 heteroatoms. The Morgan fingerprint density at radius 2 is 2.40 bits per heavy atom. The Balaban J connectivity index is 2.05. The summed E-state index contributed by atoms with van der Waals surface area (Å²) in [6.07, 6.45) is 1.78. The van der Waals surface area contributed by atoms with Crippen molar-refractivity contribution in [3.05, 3.63) is 48.0 Å². The number of hydrogen-bond donors (Lipinski definition) is 1. The average Bonchev–Trinajstić information content (AvgIpc) is 2.92. The molecule has 1 aromatic heterocycles. The molecule has 1 aromatic carbocycles. The van der Waals surface area contributed by atoms with Crippen LogP contribution in [0.5, 0.6) is 0 Å². The van der Waals surface area contributed by atoms with Crippen molar-refractivity contribution in [2.24, 2.45) is 0 Å². The van der Waals surface area contributed by atoms with Crippen molar-refractivity contribution in [1.82, 2.24) is 10.2 Å². The van der Waals surface area contributed by atoms with Gasteiger partial charge >= 0.3 is 0 Å². The molecule has 0 saturated carbocycles. The molecule has 2 rings (SSSR count). The van der Waals surface area contributed by atoms with Gasteiger partial charge in [-0.05, 0) is 18.2 Å². The highest BCUT2D eigenvalue weighted by Crippen LogP contribution is 2.25. The normalized spacial score (nSPS) is 9.75. The first-order chi connectivity index (χ1) is 9.72. The highest BCUT2D eigenvalue weighted by molar-refractivity contribution is 8.01. The van der Waals surface area contributed by atoms with Crippen LogP contribution in [0.3, 0.4) is 0 Å². The molecule has 0 aliphatic carbocycles. The molecule has 0 aliphatic heterocycles. The van der Waals surface area contributed by atoms with Crippen LogP contribution in [0.4, 0.5) is 5.13 Å². The summed E-state index contributed by atoms with van der Waals surface area (Å²) in [5.74, 6) is 0.436. The van der Waals surface area contributed by atoms with Gasteiger partial charge in [0.05, 0.1) is 11.6 Å². The van der Waals surface area contributed by atoms with Crippen LogP contribution < -0.4 is 5.32 Å². The van der Waals surface area contributed by atoms with Gasteiger partial charge in [-0.3, -0.25) is 10.1 Å². The van der Waals surface area contributed by atoms with Gasteiger partial charge in [-0.1, -0.05) is 35.2 Å². The average molecular weight is 302 g/mol. The van der Waals surface area contributed by atoms with Gasteiger partial charge in [-0.2, -0.15) is 5.26 Å². The van der Waals surface area contributed by atoms with E-state index in [1.54, 1.807) is 24.3 Å². The van der Waals surface area contributed by atoms with Gasteiger partial charge in [0.15, 0.2) is 4.34 Å². The van der Waals surface area contributed by atoms with Crippen LogP contribution in [0.2, 0.25) is 0 Å². The second-order valence-electron chi connectivity index (χ2n) is 3.62. The maximum atomic E-state index is 12.0. The van der Waals surface area contributed by atoms with Crippen molar-refractivity contribution < 1.29 is 4.79 Å². The number of nitrogens with one attached hydrogen (secondary N) is 1. The Kier molecular flexibility index (Phi) is 4.87. The molecular weight excluding hydrogens is 292 g/mol. The molecule has 0 radical (unpaired) electrons. The largest absolute Gasteiger partial charge is 0.296 e. The fourth-order valence-electron chi connectivity index (χ4n) is 1.35. The van der Waals surface area contributed by atoms with Crippen LogP contribution >= 0.6 is 23.1 Å². The number of nitrogens with zero attached hydrogens (tertiary/aromatic N) is 3. The van der Waals surface area contributed by atoms with Crippen molar-refractivity contribution in [2.75, 3.05) is 11.1 Å². The van der Waals surface area contributed by atoms with Gasteiger partial charge in [0.1, 0.15) is 0 Å². The fraction of sp³-hybridized carbons (Fsp3) is 0.0769. The van der Waals surface area contributed by atoms with Crippen molar-refractivity contribution >= 4 is 34.1 Å². The van der Waals surface area contributed by atoms with Crippen LogP contribution in [-0.4, -0.2) is 21.9 Å². The van der Waals surface area contributed by atoms with Crippen LogP contribution in [0.1, 0.15) is 15.9 Å². The van der Waals surface area contributed by atoms with Gasteiger partial charge in [0.2, 0.25) is 5.13 Å². The monoisotopic (exact) mass is 302 g/mol. The summed E-state index contributed by atoms with van der Waals surface area (Å²) in [5, 5.41) is 19.7. The van der Waals surface area contributed by atoms with E-state index >= 15 is 0 Å². The standard InChI is InChI=1S/C13H10N4OS2/c1-2-6-19-13-17-16-12(20-13)15-11(18)10-5-3-4-9(7-10)8-14/h2-5,7H,1,6H2,(H,15,16,18). The molecule has 100 valence electrons. The molecule has 2 aromatic rings. The van der Waals surface area contributed by atoms with Gasteiger partial charge in [-0.25, -0.2) is 0 Å². The van der Waals surface area contributed by atoms with Crippen molar-refractivity contribution in [3.63, 3.8) is 0 Å². The van der Waals surface area contributed by atoms with Crippen LogP contribution in [0.15, 0.2) is 41.3 Å². The van der Waals surface area contributed by atoms with E-state index in [0.717, 1.165) is 10.1 Å². The lowest BCUT2D eigenvalue weighted by molar-refractivity contribution is 0.102. The summed E-state index contributed by atoms with van der Waals surface area (Å²) in [6.45, 7) is 3.63. The summed E-state index contributed by atoms with van der Waals surface area (Å²) in [6, 6.07) is 8.48. The molecule has 5 nitrogen and oxygen atoms in total. The maximum absolute atomic E-state index is 12.0. The molecule has 1 heterocycles. The number of nitriles is 1. The molecule has 0 spiro atoms. The van der Waals surface area contributed by atoms with E-state index in [9.17, 15) is 4.79 Å². The molecule has 20 heavy (non-hydrogen) atoms. The molecule has 0 bridgehead atoms. The van der Waals surface area contributed by atoms with Crippen molar-refractivity contribution in [3.8, 4) is 6.07 Å². The summed E-state index contributed by atoms with van der Waals surface area (Å²) in [7, 11) is 0. The summed E-state index contributed by atoms with van der Waals surface area (Å²) in [4.78, 5) is 12.0. The first-order valence-corrected chi connectivity index (χ1v) is 7.42. The third-order valence-electron chi connectivity index (χ3n) is 2.21. The Hall–Kier alpha value is -2.17. The Morgan fingerprint density at radius 3 is 3.15 bits per heavy atom. The Bertz CT molecular complexity index is 675. The Labute approximate surface area is 124 Å². The number of hydrogen-bond acceptors (Lipinski definition) is 6. The molecular formula is C13H10N4OS2. The van der Waals surface area contributed by atoms with E-state index in [-0.39, 0.29) is 5.91 Å². The molecule has 1 amide bonds. The van der Waals surface area contributed by atoms with Gasteiger partial charge < -0.3 is 0 Å². The highest BCUT2D eigenvalue weighted by atomic mass is 32.2. The van der Waals surface area contributed by atoms with Gasteiger partial charge in [0, 0.05) is 11.3 Å². The minimum atomic E-state index is -0.307. The minimum Gasteiger partial charge on any atom is -0.296 e. The molecule has 0 saturated heterocycles. The fourth-order valence-corrected chi connectivity index (χ4v) is 2.86. The quantitative estimate of drug-likeness (QED) is 0.522. The lowest BCUT2D eigenvalue weighted by atomic mass is 10.1. The number of thioether (sulfide) groups is 1. The van der Waals surface area contributed by atoms with E-state index in [1.165, 1.54) is 29.2 Å². The van der Waals surface area contributed by atoms with Gasteiger partial charge in [-0.15, -0.1) is 16.8 Å². The number of aromatic nitrogens is 2. The maximum Gasteiger partial charge on any atom is 0.257 e. The van der Waals surface area contributed by atoms with Crippen LogP contribution in [0, 0.1) is 11.3 Å². The van der Waals surface area contributed by atoms with Gasteiger partial charge in [0.25, 0.3) is 5.91 Å². The second kappa shape index (κ2) is 6.84. The third-order valence-corrected chi connectivity index (χ3v) is 4.17. The molecule has 0 atom stereocenters. The zero-order valence-corrected chi connectivity index (χ0v) is 12.0. The van der Waals surface area contributed by atoms with E-state index in [1.807, 2.05) is 6.07 Å². The third kappa shape index (κ3) is 3.66. The number of carbonyl (C=O) groups excluding carboxylic acids is 1. The SMILES string of the molecule is C=CCSc1nnc(NC(=O)c2cccc(C#N)c2)s1. The molecule has 0 aliphatic rings. The van der Waals surface area contributed by atoms with E-state index < -0.39 is 0 Å². The molecule has 0 fully saturated rings.